The highest BCUT2D eigenvalue weighted by molar-refractivity contribution is 8.00. The van der Waals surface area contributed by atoms with E-state index in [1.807, 2.05) is 12.1 Å². The standard InChI is InChI=1S/C15H20OS/c1-12-7-5-6-10-15(12)17-11-14(16)13-8-3-2-4-9-13/h5-7,10,13H,2-4,8-9,11H2,1H3. The number of rotatable bonds is 4. The zero-order chi connectivity index (χ0) is 12.1. The lowest BCUT2D eigenvalue weighted by Crippen LogP contribution is -2.19. The molecule has 1 nitrogen and oxygen atoms in total. The minimum Gasteiger partial charge on any atom is -0.298 e. The molecule has 0 bridgehead atoms. The number of hydrogen-bond donors (Lipinski definition) is 0. The highest BCUT2D eigenvalue weighted by atomic mass is 32.2. The van der Waals surface area contributed by atoms with Crippen LogP contribution in [0.2, 0.25) is 0 Å². The monoisotopic (exact) mass is 248 g/mol. The predicted molar refractivity (Wildman–Crippen MR) is 73.5 cm³/mol. The van der Waals surface area contributed by atoms with Gasteiger partial charge in [0.2, 0.25) is 0 Å². The van der Waals surface area contributed by atoms with E-state index >= 15 is 0 Å². The van der Waals surface area contributed by atoms with Gasteiger partial charge in [0.05, 0.1) is 5.75 Å². The normalized spacial score (nSPS) is 17.0. The van der Waals surface area contributed by atoms with Crippen molar-refractivity contribution in [3.8, 4) is 0 Å². The minimum atomic E-state index is 0.347. The third-order valence-corrected chi connectivity index (χ3v) is 4.72. The maximum atomic E-state index is 12.1. The van der Waals surface area contributed by atoms with Crippen molar-refractivity contribution in [2.75, 3.05) is 5.75 Å². The summed E-state index contributed by atoms with van der Waals surface area (Å²) in [4.78, 5) is 13.3. The van der Waals surface area contributed by atoms with Crippen molar-refractivity contribution < 1.29 is 4.79 Å². The highest BCUT2D eigenvalue weighted by Crippen LogP contribution is 2.28. The first-order valence-corrected chi connectivity index (χ1v) is 7.47. The number of Topliss-reactive ketones (excluding diaryl/α,β-unsaturated/α-hetero) is 1. The maximum Gasteiger partial charge on any atom is 0.146 e. The van der Waals surface area contributed by atoms with Gasteiger partial charge in [-0.1, -0.05) is 37.5 Å². The first kappa shape index (κ1) is 12.7. The van der Waals surface area contributed by atoms with Gasteiger partial charge in [0.15, 0.2) is 0 Å². The van der Waals surface area contributed by atoms with Crippen LogP contribution in [0.15, 0.2) is 29.2 Å². The van der Waals surface area contributed by atoms with Crippen molar-refractivity contribution in [1.82, 2.24) is 0 Å². The molecule has 0 atom stereocenters. The van der Waals surface area contributed by atoms with Gasteiger partial charge >= 0.3 is 0 Å². The summed E-state index contributed by atoms with van der Waals surface area (Å²) < 4.78 is 0. The van der Waals surface area contributed by atoms with Crippen molar-refractivity contribution in [2.24, 2.45) is 5.92 Å². The zero-order valence-corrected chi connectivity index (χ0v) is 11.3. The van der Waals surface area contributed by atoms with E-state index in [4.69, 9.17) is 0 Å². The molecule has 92 valence electrons. The second kappa shape index (κ2) is 6.25. The third-order valence-electron chi connectivity index (χ3n) is 3.52. The van der Waals surface area contributed by atoms with Gasteiger partial charge in [-0.2, -0.15) is 0 Å². The van der Waals surface area contributed by atoms with Crippen LogP contribution in [0.5, 0.6) is 0 Å². The Balaban J connectivity index is 1.85. The molecule has 17 heavy (non-hydrogen) atoms. The van der Waals surface area contributed by atoms with Gasteiger partial charge in [-0.3, -0.25) is 4.79 Å². The lowest BCUT2D eigenvalue weighted by molar-refractivity contribution is -0.121. The summed E-state index contributed by atoms with van der Waals surface area (Å²) in [6.07, 6.45) is 6.03. The van der Waals surface area contributed by atoms with E-state index < -0.39 is 0 Å². The average molecular weight is 248 g/mol. The summed E-state index contributed by atoms with van der Waals surface area (Å²) in [6, 6.07) is 8.30. The Labute approximate surface area is 108 Å². The van der Waals surface area contributed by atoms with E-state index in [1.165, 1.54) is 29.7 Å². The van der Waals surface area contributed by atoms with Crippen LogP contribution in [0.1, 0.15) is 37.7 Å². The second-order valence-electron chi connectivity index (χ2n) is 4.86. The van der Waals surface area contributed by atoms with Crippen LogP contribution in [-0.2, 0) is 4.79 Å². The van der Waals surface area contributed by atoms with Gasteiger partial charge in [-0.25, -0.2) is 0 Å². The van der Waals surface area contributed by atoms with Crippen LogP contribution in [0.3, 0.4) is 0 Å². The summed E-state index contributed by atoms with van der Waals surface area (Å²) in [5.74, 6) is 1.45. The van der Waals surface area contributed by atoms with Gasteiger partial charge in [-0.05, 0) is 31.4 Å². The minimum absolute atomic E-state index is 0.347. The lowest BCUT2D eigenvalue weighted by atomic mass is 9.87. The molecule has 1 aromatic carbocycles. The first-order valence-electron chi connectivity index (χ1n) is 6.48. The van der Waals surface area contributed by atoms with E-state index in [-0.39, 0.29) is 0 Å². The fraction of sp³-hybridized carbons (Fsp3) is 0.533. The first-order chi connectivity index (χ1) is 8.27. The van der Waals surface area contributed by atoms with Crippen LogP contribution in [0.4, 0.5) is 0 Å². The van der Waals surface area contributed by atoms with E-state index in [2.05, 4.69) is 19.1 Å². The van der Waals surface area contributed by atoms with Gasteiger partial charge < -0.3 is 0 Å². The Kier molecular flexibility index (Phi) is 4.66. The number of ketones is 1. The molecule has 2 heteroatoms. The molecule has 0 aromatic heterocycles. The fourth-order valence-corrected chi connectivity index (χ4v) is 3.41. The van der Waals surface area contributed by atoms with Crippen molar-refractivity contribution in [3.05, 3.63) is 29.8 Å². The Morgan fingerprint density at radius 2 is 1.94 bits per heavy atom. The Morgan fingerprint density at radius 1 is 1.24 bits per heavy atom. The molecule has 0 N–H and O–H groups in total. The van der Waals surface area contributed by atoms with E-state index in [1.54, 1.807) is 11.8 Å². The number of benzene rings is 1. The molecule has 1 fully saturated rings. The molecule has 1 aromatic rings. The highest BCUT2D eigenvalue weighted by Gasteiger charge is 2.20. The molecule has 0 spiro atoms. The molecule has 0 heterocycles. The van der Waals surface area contributed by atoms with Gasteiger partial charge in [-0.15, -0.1) is 11.8 Å². The summed E-state index contributed by atoms with van der Waals surface area (Å²) in [7, 11) is 0. The van der Waals surface area contributed by atoms with Crippen LogP contribution < -0.4 is 0 Å². The number of carbonyl (C=O) groups is 1. The summed E-state index contributed by atoms with van der Waals surface area (Å²) >= 11 is 1.70. The molecule has 0 radical (unpaired) electrons. The molecule has 0 amide bonds. The van der Waals surface area contributed by atoms with Crippen LogP contribution in [0.25, 0.3) is 0 Å². The largest absolute Gasteiger partial charge is 0.298 e. The summed E-state index contributed by atoms with van der Waals surface area (Å²) in [5.41, 5.74) is 1.27. The fourth-order valence-electron chi connectivity index (χ4n) is 2.41. The van der Waals surface area contributed by atoms with Crippen LogP contribution in [-0.4, -0.2) is 11.5 Å². The van der Waals surface area contributed by atoms with Crippen molar-refractivity contribution in [3.63, 3.8) is 0 Å². The topological polar surface area (TPSA) is 17.1 Å². The second-order valence-corrected chi connectivity index (χ2v) is 5.87. The number of carbonyl (C=O) groups excluding carboxylic acids is 1. The molecule has 0 saturated heterocycles. The quantitative estimate of drug-likeness (QED) is 0.741. The lowest BCUT2D eigenvalue weighted by Gasteiger charge is -2.20. The van der Waals surface area contributed by atoms with Crippen molar-refractivity contribution >= 4 is 17.5 Å². The SMILES string of the molecule is Cc1ccccc1SCC(=O)C1CCCCC1. The molecular weight excluding hydrogens is 228 g/mol. The van der Waals surface area contributed by atoms with Crippen LogP contribution >= 0.6 is 11.8 Å². The molecule has 0 aliphatic heterocycles. The molecule has 1 saturated carbocycles. The zero-order valence-electron chi connectivity index (χ0n) is 10.4. The van der Waals surface area contributed by atoms with E-state index in [9.17, 15) is 4.79 Å². The smallest absolute Gasteiger partial charge is 0.146 e. The third kappa shape index (κ3) is 3.60. The van der Waals surface area contributed by atoms with Crippen molar-refractivity contribution in [2.45, 2.75) is 43.9 Å². The predicted octanol–water partition coefficient (Wildman–Crippen LogP) is 4.24. The number of thioether (sulfide) groups is 1. The summed E-state index contributed by atoms with van der Waals surface area (Å²) in [6.45, 7) is 2.10. The molecule has 2 rings (SSSR count). The van der Waals surface area contributed by atoms with E-state index in [0.29, 0.717) is 17.5 Å². The number of hydrogen-bond acceptors (Lipinski definition) is 2. The van der Waals surface area contributed by atoms with Gasteiger partial charge in [0, 0.05) is 10.8 Å². The summed E-state index contributed by atoms with van der Waals surface area (Å²) in [5, 5.41) is 0. The van der Waals surface area contributed by atoms with Crippen LogP contribution in [0, 0.1) is 12.8 Å². The molecular formula is C15H20OS. The van der Waals surface area contributed by atoms with Crippen molar-refractivity contribution in [1.29, 1.82) is 0 Å². The van der Waals surface area contributed by atoms with E-state index in [0.717, 1.165) is 12.8 Å². The Hall–Kier alpha value is -0.760. The molecule has 0 unspecified atom stereocenters. The maximum absolute atomic E-state index is 12.1. The number of aryl methyl sites for hydroxylation is 1. The Bertz CT molecular complexity index is 380. The van der Waals surface area contributed by atoms with Gasteiger partial charge in [0.1, 0.15) is 5.78 Å². The Morgan fingerprint density at radius 3 is 2.65 bits per heavy atom. The molecule has 1 aliphatic carbocycles. The van der Waals surface area contributed by atoms with Gasteiger partial charge in [0.25, 0.3) is 0 Å². The average Bonchev–Trinajstić information content (AvgIpc) is 2.38. The molecule has 1 aliphatic rings.